The highest BCUT2D eigenvalue weighted by molar-refractivity contribution is 6.03. The average molecular weight is 479 g/mol. The molecule has 0 unspecified atom stereocenters. The van der Waals surface area contributed by atoms with Crippen LogP contribution in [0.3, 0.4) is 0 Å². The number of benzene rings is 2. The van der Waals surface area contributed by atoms with Crippen molar-refractivity contribution >= 4 is 17.6 Å². The number of nitrogens with zero attached hydrogens (tertiary/aromatic N) is 1. The van der Waals surface area contributed by atoms with Crippen LogP contribution < -0.4 is 5.32 Å². The van der Waals surface area contributed by atoms with Gasteiger partial charge in [-0.3, -0.25) is 9.59 Å². The Morgan fingerprint density at radius 2 is 1.66 bits per heavy atom. The first-order valence-electron chi connectivity index (χ1n) is 11.7. The number of oxazole rings is 1. The molecule has 182 valence electrons. The number of carbonyl (C=O) groups excluding carboxylic acids is 1. The lowest BCUT2D eigenvalue weighted by Gasteiger charge is -2.53. The summed E-state index contributed by atoms with van der Waals surface area (Å²) in [6, 6.07) is 15.8. The van der Waals surface area contributed by atoms with Gasteiger partial charge in [0.2, 0.25) is 0 Å². The van der Waals surface area contributed by atoms with E-state index in [1.165, 1.54) is 5.56 Å². The number of nitrogens with one attached hydrogen (secondary N) is 1. The van der Waals surface area contributed by atoms with Crippen molar-refractivity contribution in [1.82, 2.24) is 4.98 Å². The summed E-state index contributed by atoms with van der Waals surface area (Å²) < 4.78 is 24.3. The van der Waals surface area contributed by atoms with Gasteiger partial charge in [0.05, 0.1) is 18.6 Å². The van der Waals surface area contributed by atoms with E-state index >= 15 is 0 Å². The minimum absolute atomic E-state index is 0.0429. The van der Waals surface area contributed by atoms with Gasteiger partial charge in [0.1, 0.15) is 6.67 Å². The molecule has 0 atom stereocenters. The Bertz CT molecular complexity index is 1230. The molecule has 3 aliphatic rings. The molecular weight excluding hydrogens is 451 g/mol. The molecule has 7 nitrogen and oxygen atoms in total. The van der Waals surface area contributed by atoms with Gasteiger partial charge in [-0.25, -0.2) is 9.37 Å². The van der Waals surface area contributed by atoms with E-state index < -0.39 is 24.2 Å². The van der Waals surface area contributed by atoms with Crippen LogP contribution in [0, 0.1) is 6.92 Å². The van der Waals surface area contributed by atoms with Crippen LogP contribution in [-0.2, 0) is 21.6 Å². The third-order valence-corrected chi connectivity index (χ3v) is 7.36. The van der Waals surface area contributed by atoms with Crippen LogP contribution >= 0.6 is 0 Å². The maximum atomic E-state index is 13.1. The number of carboxylic acid groups (broad SMARTS) is 1. The number of aliphatic carboxylic acids is 1. The highest BCUT2D eigenvalue weighted by Gasteiger charge is 2.51. The fourth-order valence-corrected chi connectivity index (χ4v) is 5.33. The van der Waals surface area contributed by atoms with Gasteiger partial charge in [-0.1, -0.05) is 36.4 Å². The van der Waals surface area contributed by atoms with Gasteiger partial charge in [0.25, 0.3) is 5.91 Å². The zero-order valence-electron chi connectivity index (χ0n) is 19.5. The van der Waals surface area contributed by atoms with Crippen LogP contribution in [0.5, 0.6) is 0 Å². The van der Waals surface area contributed by atoms with Crippen LogP contribution in [0.2, 0.25) is 0 Å². The second kappa shape index (κ2) is 8.92. The molecule has 2 bridgehead atoms. The van der Waals surface area contributed by atoms with Crippen LogP contribution in [0.15, 0.2) is 52.9 Å². The lowest BCUT2D eigenvalue weighted by Crippen LogP contribution is -2.54. The molecule has 1 saturated carbocycles. The SMILES string of the molecule is Cc1nc(C(=O)Nc2ccc(-c3ccc(C45CCC(CC(=O)O)(CC4)OC5)cc3)cc2)c(CF)o1. The quantitative estimate of drug-likeness (QED) is 0.470. The number of halogens is 1. The van der Waals surface area contributed by atoms with E-state index in [0.29, 0.717) is 12.3 Å². The molecule has 0 spiro atoms. The van der Waals surface area contributed by atoms with Gasteiger partial charge in [-0.15, -0.1) is 0 Å². The van der Waals surface area contributed by atoms with Gasteiger partial charge in [0.15, 0.2) is 17.3 Å². The number of aryl methyl sites for hydroxylation is 1. The molecule has 1 aliphatic carbocycles. The molecule has 35 heavy (non-hydrogen) atoms. The summed E-state index contributed by atoms with van der Waals surface area (Å²) >= 11 is 0. The first-order valence-corrected chi connectivity index (χ1v) is 11.7. The first kappa shape index (κ1) is 23.2. The molecule has 1 aromatic heterocycles. The summed E-state index contributed by atoms with van der Waals surface area (Å²) in [6.45, 7) is 1.23. The van der Waals surface area contributed by atoms with E-state index in [2.05, 4.69) is 34.6 Å². The van der Waals surface area contributed by atoms with E-state index in [0.717, 1.165) is 36.8 Å². The number of ether oxygens (including phenoxy) is 1. The van der Waals surface area contributed by atoms with E-state index in [1.807, 2.05) is 12.1 Å². The Kier molecular flexibility index (Phi) is 5.92. The molecule has 2 aliphatic heterocycles. The number of amides is 1. The number of anilines is 1. The van der Waals surface area contributed by atoms with Crippen LogP contribution in [0.1, 0.15) is 59.8 Å². The van der Waals surface area contributed by atoms with Gasteiger partial charge in [0, 0.05) is 18.0 Å². The van der Waals surface area contributed by atoms with E-state index in [-0.39, 0.29) is 29.2 Å². The number of rotatable bonds is 7. The number of hydrogen-bond acceptors (Lipinski definition) is 5. The topological polar surface area (TPSA) is 102 Å². The molecule has 3 heterocycles. The lowest BCUT2D eigenvalue weighted by atomic mass is 9.62. The number of alkyl halides is 1. The summed E-state index contributed by atoms with van der Waals surface area (Å²) in [7, 11) is 0. The van der Waals surface area contributed by atoms with Crippen LogP contribution in [0.4, 0.5) is 10.1 Å². The second-order valence-electron chi connectivity index (χ2n) is 9.57. The monoisotopic (exact) mass is 478 g/mol. The van der Waals surface area contributed by atoms with Gasteiger partial charge >= 0.3 is 5.97 Å². The largest absolute Gasteiger partial charge is 0.481 e. The minimum atomic E-state index is -0.894. The lowest BCUT2D eigenvalue weighted by molar-refractivity contribution is -0.174. The predicted octanol–water partition coefficient (Wildman–Crippen LogP) is 5.43. The number of carboxylic acids is 1. The van der Waals surface area contributed by atoms with Crippen LogP contribution in [-0.4, -0.2) is 34.2 Å². The van der Waals surface area contributed by atoms with Gasteiger partial charge in [-0.05, 0) is 54.5 Å². The van der Waals surface area contributed by atoms with Crippen molar-refractivity contribution in [2.45, 2.75) is 56.7 Å². The molecule has 2 N–H and O–H groups in total. The standard InChI is InChI=1S/C27H27FN2O5/c1-17-29-24(22(15-28)35-17)25(33)30-21-8-4-19(5-9-21)18-2-6-20(7-3-18)26-10-12-27(13-11-26,34-16-26)14-23(31)32/h2-9H,10-16H2,1H3,(H,30,33)(H,31,32). The van der Waals surface area contributed by atoms with Gasteiger partial charge < -0.3 is 19.6 Å². The van der Waals surface area contributed by atoms with Crippen molar-refractivity contribution in [3.05, 3.63) is 71.4 Å². The number of hydrogen-bond donors (Lipinski definition) is 2. The molecular formula is C27H27FN2O5. The van der Waals surface area contributed by atoms with Crippen molar-refractivity contribution in [1.29, 1.82) is 0 Å². The Hall–Kier alpha value is -3.52. The van der Waals surface area contributed by atoms with Crippen molar-refractivity contribution in [2.24, 2.45) is 0 Å². The van der Waals surface area contributed by atoms with E-state index in [9.17, 15) is 19.1 Å². The maximum Gasteiger partial charge on any atom is 0.306 e. The molecule has 1 amide bonds. The van der Waals surface area contributed by atoms with Crippen molar-refractivity contribution in [3.8, 4) is 11.1 Å². The zero-order chi connectivity index (χ0) is 24.6. The first-order chi connectivity index (χ1) is 16.8. The average Bonchev–Trinajstić information content (AvgIpc) is 3.26. The summed E-state index contributed by atoms with van der Waals surface area (Å²) in [4.78, 5) is 27.6. The van der Waals surface area contributed by atoms with E-state index in [1.54, 1.807) is 19.1 Å². The maximum absolute atomic E-state index is 13.1. The Labute approximate surface area is 202 Å². The Balaban J connectivity index is 1.26. The molecule has 3 fully saturated rings. The molecule has 2 aromatic carbocycles. The van der Waals surface area contributed by atoms with Crippen molar-refractivity contribution in [3.63, 3.8) is 0 Å². The highest BCUT2D eigenvalue weighted by atomic mass is 19.1. The van der Waals surface area contributed by atoms with Gasteiger partial charge in [-0.2, -0.15) is 0 Å². The third kappa shape index (κ3) is 4.46. The third-order valence-electron chi connectivity index (χ3n) is 7.36. The summed E-state index contributed by atoms with van der Waals surface area (Å²) in [5.41, 5.74) is 3.25. The van der Waals surface area contributed by atoms with E-state index in [4.69, 9.17) is 9.15 Å². The fourth-order valence-electron chi connectivity index (χ4n) is 5.33. The van der Waals surface area contributed by atoms with Crippen LogP contribution in [0.25, 0.3) is 11.1 Å². The van der Waals surface area contributed by atoms with Crippen molar-refractivity contribution in [2.75, 3.05) is 11.9 Å². The predicted molar refractivity (Wildman–Crippen MR) is 127 cm³/mol. The molecule has 3 aromatic rings. The smallest absolute Gasteiger partial charge is 0.306 e. The number of aromatic nitrogens is 1. The Morgan fingerprint density at radius 1 is 1.03 bits per heavy atom. The zero-order valence-corrected chi connectivity index (χ0v) is 19.5. The summed E-state index contributed by atoms with van der Waals surface area (Å²) in [6.07, 6.45) is 3.49. The van der Waals surface area contributed by atoms with Crippen molar-refractivity contribution < 1.29 is 28.2 Å². The molecule has 2 saturated heterocycles. The highest BCUT2D eigenvalue weighted by Crippen LogP contribution is 2.51. The minimum Gasteiger partial charge on any atom is -0.481 e. The molecule has 0 radical (unpaired) electrons. The molecule has 8 heteroatoms. The summed E-state index contributed by atoms with van der Waals surface area (Å²) in [5.74, 6) is -1.15. The Morgan fingerprint density at radius 3 is 2.20 bits per heavy atom. The number of carbonyl (C=O) groups is 2. The molecule has 6 rings (SSSR count). The second-order valence-corrected chi connectivity index (χ2v) is 9.57. The fraction of sp³-hybridized carbons (Fsp3) is 0.370. The normalized spacial score (nSPS) is 23.3. The number of fused-ring (bicyclic) bond motifs is 3. The summed E-state index contributed by atoms with van der Waals surface area (Å²) in [5, 5.41) is 11.9.